The molecule has 0 aliphatic heterocycles. The highest BCUT2D eigenvalue weighted by molar-refractivity contribution is 5.85. The second kappa shape index (κ2) is 11.5. The number of halogens is 1. The fraction of sp³-hybridized carbons (Fsp3) is 0.500. The molecule has 1 amide bonds. The molecular formula is C16H25ClN2O5. The molecule has 3 N–H and O–H groups in total. The summed E-state index contributed by atoms with van der Waals surface area (Å²) in [5.41, 5.74) is 6.14. The van der Waals surface area contributed by atoms with Crippen molar-refractivity contribution in [2.75, 3.05) is 27.9 Å². The third kappa shape index (κ3) is 6.64. The van der Waals surface area contributed by atoms with E-state index in [4.69, 9.17) is 19.9 Å². The Balaban J connectivity index is 0.00000529. The van der Waals surface area contributed by atoms with Crippen molar-refractivity contribution < 1.29 is 23.8 Å². The van der Waals surface area contributed by atoms with E-state index in [-0.39, 0.29) is 24.7 Å². The third-order valence-corrected chi connectivity index (χ3v) is 3.35. The maximum atomic E-state index is 12.0. The summed E-state index contributed by atoms with van der Waals surface area (Å²) in [5, 5.41) is 2.83. The molecule has 1 unspecified atom stereocenters. The molecule has 0 aromatic heterocycles. The summed E-state index contributed by atoms with van der Waals surface area (Å²) in [7, 11) is 4.37. The van der Waals surface area contributed by atoms with Gasteiger partial charge in [-0.15, -0.1) is 12.4 Å². The predicted molar refractivity (Wildman–Crippen MR) is 92.6 cm³/mol. The molecule has 1 atom stereocenters. The number of carbonyl (C=O) groups excluding carboxylic acids is 2. The van der Waals surface area contributed by atoms with Crippen molar-refractivity contribution in [1.29, 1.82) is 0 Å². The lowest BCUT2D eigenvalue weighted by Gasteiger charge is -2.19. The van der Waals surface area contributed by atoms with Gasteiger partial charge in [-0.1, -0.05) is 6.07 Å². The first-order chi connectivity index (χ1) is 11.0. The Morgan fingerprint density at radius 2 is 1.83 bits per heavy atom. The zero-order chi connectivity index (χ0) is 17.2. The lowest BCUT2D eigenvalue weighted by atomic mass is 10.0. The average molecular weight is 361 g/mol. The van der Waals surface area contributed by atoms with Crippen molar-refractivity contribution in [3.63, 3.8) is 0 Å². The summed E-state index contributed by atoms with van der Waals surface area (Å²) in [6.07, 6.45) is 0.921. The summed E-state index contributed by atoms with van der Waals surface area (Å²) in [6.45, 7) is 0.436. The second-order valence-electron chi connectivity index (χ2n) is 4.91. The summed E-state index contributed by atoms with van der Waals surface area (Å²) < 4.78 is 15.1. The van der Waals surface area contributed by atoms with Crippen LogP contribution in [0.15, 0.2) is 18.2 Å². The highest BCUT2D eigenvalue weighted by Crippen LogP contribution is 2.31. The van der Waals surface area contributed by atoms with E-state index < -0.39 is 12.0 Å². The van der Waals surface area contributed by atoms with Gasteiger partial charge in [0, 0.05) is 6.42 Å². The zero-order valence-corrected chi connectivity index (χ0v) is 15.0. The van der Waals surface area contributed by atoms with Gasteiger partial charge in [0.05, 0.1) is 33.8 Å². The number of hydrogen-bond acceptors (Lipinski definition) is 6. The molecule has 0 aliphatic carbocycles. The molecule has 0 spiro atoms. The Bertz CT molecular complexity index is 539. The summed E-state index contributed by atoms with van der Waals surface area (Å²) in [4.78, 5) is 23.6. The third-order valence-electron chi connectivity index (χ3n) is 3.35. The highest BCUT2D eigenvalue weighted by atomic mass is 35.5. The van der Waals surface area contributed by atoms with Crippen LogP contribution in [0.3, 0.4) is 0 Å². The van der Waals surface area contributed by atoms with Crippen molar-refractivity contribution in [3.8, 4) is 11.5 Å². The molecular weight excluding hydrogens is 336 g/mol. The van der Waals surface area contributed by atoms with Crippen LogP contribution in [0.4, 0.5) is 0 Å². The smallest absolute Gasteiger partial charge is 0.307 e. The topological polar surface area (TPSA) is 99.9 Å². The van der Waals surface area contributed by atoms with Crippen LogP contribution in [0.5, 0.6) is 11.5 Å². The molecule has 136 valence electrons. The van der Waals surface area contributed by atoms with E-state index in [2.05, 4.69) is 5.32 Å². The van der Waals surface area contributed by atoms with Gasteiger partial charge in [-0.25, -0.2) is 0 Å². The average Bonchev–Trinajstić information content (AvgIpc) is 2.58. The van der Waals surface area contributed by atoms with Gasteiger partial charge < -0.3 is 25.3 Å². The first-order valence-corrected chi connectivity index (χ1v) is 7.33. The number of ether oxygens (including phenoxy) is 3. The van der Waals surface area contributed by atoms with Crippen LogP contribution in [0.25, 0.3) is 0 Å². The molecule has 1 rings (SSSR count). The van der Waals surface area contributed by atoms with E-state index >= 15 is 0 Å². The molecule has 0 bridgehead atoms. The molecule has 0 fully saturated rings. The van der Waals surface area contributed by atoms with E-state index in [1.54, 1.807) is 18.2 Å². The van der Waals surface area contributed by atoms with Crippen LogP contribution in [-0.2, 0) is 14.3 Å². The van der Waals surface area contributed by atoms with Crippen LogP contribution in [0.1, 0.15) is 30.9 Å². The number of carbonyl (C=O) groups is 2. The van der Waals surface area contributed by atoms with Crippen molar-refractivity contribution >= 4 is 24.3 Å². The van der Waals surface area contributed by atoms with Gasteiger partial charge in [-0.2, -0.15) is 0 Å². The van der Waals surface area contributed by atoms with Crippen LogP contribution >= 0.6 is 12.4 Å². The monoisotopic (exact) mass is 360 g/mol. The van der Waals surface area contributed by atoms with E-state index in [9.17, 15) is 9.59 Å². The molecule has 8 heteroatoms. The Hall–Kier alpha value is -1.99. The van der Waals surface area contributed by atoms with Gasteiger partial charge in [0.2, 0.25) is 5.91 Å². The lowest BCUT2D eigenvalue weighted by Crippen LogP contribution is -2.30. The van der Waals surface area contributed by atoms with Gasteiger partial charge in [0.15, 0.2) is 11.5 Å². The SMILES string of the molecule is COC(=O)CC(NC(=O)CCCN)c1ccc(OC)c(OC)c1.Cl. The minimum atomic E-state index is -0.507. The van der Waals surface area contributed by atoms with Crippen LogP contribution in [0, 0.1) is 0 Å². The van der Waals surface area contributed by atoms with Crippen molar-refractivity contribution in [3.05, 3.63) is 23.8 Å². The second-order valence-corrected chi connectivity index (χ2v) is 4.91. The predicted octanol–water partition coefficient (Wildman–Crippen LogP) is 1.58. The fourth-order valence-corrected chi connectivity index (χ4v) is 2.10. The Morgan fingerprint density at radius 3 is 2.38 bits per heavy atom. The standard InChI is InChI=1S/C16H24N2O5.ClH/c1-21-13-7-6-11(9-14(13)22-2)12(10-16(20)23-3)18-15(19)5-4-8-17;/h6-7,9,12H,4-5,8,10,17H2,1-3H3,(H,18,19);1H. The zero-order valence-electron chi connectivity index (χ0n) is 14.2. The number of esters is 1. The van der Waals surface area contributed by atoms with E-state index in [1.807, 2.05) is 0 Å². The van der Waals surface area contributed by atoms with Crippen LogP contribution in [-0.4, -0.2) is 39.8 Å². The molecule has 0 aliphatic rings. The van der Waals surface area contributed by atoms with Gasteiger partial charge in [-0.05, 0) is 30.7 Å². The maximum absolute atomic E-state index is 12.0. The van der Waals surface area contributed by atoms with Crippen LogP contribution < -0.4 is 20.5 Å². The Morgan fingerprint density at radius 1 is 1.17 bits per heavy atom. The number of benzene rings is 1. The van der Waals surface area contributed by atoms with E-state index in [0.29, 0.717) is 30.9 Å². The molecule has 0 radical (unpaired) electrons. The number of methoxy groups -OCH3 is 3. The number of rotatable bonds is 9. The fourth-order valence-electron chi connectivity index (χ4n) is 2.10. The van der Waals surface area contributed by atoms with Gasteiger partial charge in [-0.3, -0.25) is 9.59 Å². The molecule has 0 saturated carbocycles. The number of hydrogen-bond donors (Lipinski definition) is 2. The largest absolute Gasteiger partial charge is 0.493 e. The van der Waals surface area contributed by atoms with Crippen LogP contribution in [0.2, 0.25) is 0 Å². The Labute approximate surface area is 148 Å². The molecule has 1 aromatic rings. The summed E-state index contributed by atoms with van der Waals surface area (Å²) >= 11 is 0. The minimum Gasteiger partial charge on any atom is -0.493 e. The number of nitrogens with two attached hydrogens (primary N) is 1. The molecule has 0 heterocycles. The molecule has 7 nitrogen and oxygen atoms in total. The van der Waals surface area contributed by atoms with E-state index in [0.717, 1.165) is 5.56 Å². The molecule has 24 heavy (non-hydrogen) atoms. The molecule has 0 saturated heterocycles. The quantitative estimate of drug-likeness (QED) is 0.648. The van der Waals surface area contributed by atoms with Crippen molar-refractivity contribution in [2.24, 2.45) is 5.73 Å². The van der Waals surface area contributed by atoms with Gasteiger partial charge in [0.25, 0.3) is 0 Å². The van der Waals surface area contributed by atoms with E-state index in [1.165, 1.54) is 21.3 Å². The summed E-state index contributed by atoms with van der Waals surface area (Å²) in [5.74, 6) is 0.515. The minimum absolute atomic E-state index is 0. The highest BCUT2D eigenvalue weighted by Gasteiger charge is 2.20. The number of nitrogens with one attached hydrogen (secondary N) is 1. The van der Waals surface area contributed by atoms with Gasteiger partial charge >= 0.3 is 5.97 Å². The first-order valence-electron chi connectivity index (χ1n) is 7.33. The van der Waals surface area contributed by atoms with Crippen molar-refractivity contribution in [2.45, 2.75) is 25.3 Å². The Kier molecular flexibility index (Phi) is 10.6. The maximum Gasteiger partial charge on any atom is 0.307 e. The van der Waals surface area contributed by atoms with Crippen molar-refractivity contribution in [1.82, 2.24) is 5.32 Å². The normalized spacial score (nSPS) is 11.0. The first kappa shape index (κ1) is 22.0. The number of amides is 1. The lowest BCUT2D eigenvalue weighted by molar-refractivity contribution is -0.141. The molecule has 1 aromatic carbocycles. The summed E-state index contributed by atoms with van der Waals surface area (Å²) in [6, 6.07) is 4.73. The van der Waals surface area contributed by atoms with Gasteiger partial charge in [0.1, 0.15) is 0 Å².